The Morgan fingerprint density at radius 3 is 2.90 bits per heavy atom. The van der Waals surface area contributed by atoms with Gasteiger partial charge in [0.1, 0.15) is 5.60 Å². The van der Waals surface area contributed by atoms with E-state index in [2.05, 4.69) is 47.1 Å². The number of benzene rings is 1. The Morgan fingerprint density at radius 1 is 1.33 bits per heavy atom. The van der Waals surface area contributed by atoms with Gasteiger partial charge in [-0.3, -0.25) is 0 Å². The van der Waals surface area contributed by atoms with Crippen LogP contribution in [0, 0.1) is 0 Å². The molecule has 21 heavy (non-hydrogen) atoms. The molecule has 1 amide bonds. The van der Waals surface area contributed by atoms with E-state index in [4.69, 9.17) is 4.74 Å². The molecule has 3 nitrogen and oxygen atoms in total. The summed E-state index contributed by atoms with van der Waals surface area (Å²) in [5, 5.41) is 6.12. The molecular formula is C17H21NO2S. The second-order valence-electron chi connectivity index (χ2n) is 5.81. The van der Waals surface area contributed by atoms with Crippen molar-refractivity contribution in [2.45, 2.75) is 32.8 Å². The topological polar surface area (TPSA) is 38.3 Å². The SMILES string of the molecule is CC(C)(C)OC(=O)NCCC=Cc1cccc2ccsc12. The third-order valence-electron chi connectivity index (χ3n) is 2.79. The molecular weight excluding hydrogens is 282 g/mol. The normalized spacial score (nSPS) is 12.0. The highest BCUT2D eigenvalue weighted by Crippen LogP contribution is 2.25. The Bertz CT molecular complexity index is 638. The lowest BCUT2D eigenvalue weighted by Gasteiger charge is -2.19. The van der Waals surface area contributed by atoms with E-state index in [1.54, 1.807) is 11.3 Å². The van der Waals surface area contributed by atoms with Crippen molar-refractivity contribution in [2.24, 2.45) is 0 Å². The number of fused-ring (bicyclic) bond motifs is 1. The minimum atomic E-state index is -0.450. The molecule has 112 valence electrons. The van der Waals surface area contributed by atoms with E-state index in [0.29, 0.717) is 6.54 Å². The third kappa shape index (κ3) is 4.90. The van der Waals surface area contributed by atoms with Crippen molar-refractivity contribution in [3.63, 3.8) is 0 Å². The van der Waals surface area contributed by atoms with Gasteiger partial charge in [0.2, 0.25) is 0 Å². The van der Waals surface area contributed by atoms with Gasteiger partial charge in [0.05, 0.1) is 0 Å². The average molecular weight is 303 g/mol. The molecule has 0 saturated heterocycles. The Kier molecular flexibility index (Phi) is 5.02. The first-order valence-corrected chi connectivity index (χ1v) is 7.93. The van der Waals surface area contributed by atoms with Gasteiger partial charge in [0.25, 0.3) is 0 Å². The van der Waals surface area contributed by atoms with E-state index in [-0.39, 0.29) is 6.09 Å². The lowest BCUT2D eigenvalue weighted by atomic mass is 10.1. The second-order valence-corrected chi connectivity index (χ2v) is 6.72. The van der Waals surface area contributed by atoms with Crippen LogP contribution in [0.15, 0.2) is 35.7 Å². The minimum absolute atomic E-state index is 0.365. The molecule has 2 aromatic rings. The number of alkyl carbamates (subject to hydrolysis) is 1. The van der Waals surface area contributed by atoms with Crippen LogP contribution >= 0.6 is 11.3 Å². The van der Waals surface area contributed by atoms with Crippen molar-refractivity contribution in [1.82, 2.24) is 5.32 Å². The fourth-order valence-corrected chi connectivity index (χ4v) is 2.82. The molecule has 4 heteroatoms. The zero-order valence-corrected chi connectivity index (χ0v) is 13.5. The molecule has 0 radical (unpaired) electrons. The van der Waals surface area contributed by atoms with Crippen molar-refractivity contribution >= 4 is 33.6 Å². The smallest absolute Gasteiger partial charge is 0.407 e. The van der Waals surface area contributed by atoms with Crippen molar-refractivity contribution in [3.8, 4) is 0 Å². The lowest BCUT2D eigenvalue weighted by molar-refractivity contribution is 0.0529. The number of amides is 1. The van der Waals surface area contributed by atoms with Crippen LogP contribution in [0.5, 0.6) is 0 Å². The molecule has 0 aliphatic carbocycles. The van der Waals surface area contributed by atoms with Crippen LogP contribution in [0.25, 0.3) is 16.2 Å². The van der Waals surface area contributed by atoms with Gasteiger partial charge in [0, 0.05) is 11.2 Å². The maximum atomic E-state index is 11.5. The Morgan fingerprint density at radius 2 is 2.14 bits per heavy atom. The largest absolute Gasteiger partial charge is 0.444 e. The van der Waals surface area contributed by atoms with E-state index in [0.717, 1.165) is 6.42 Å². The van der Waals surface area contributed by atoms with E-state index in [1.165, 1.54) is 15.6 Å². The average Bonchev–Trinajstić information content (AvgIpc) is 2.85. The summed E-state index contributed by atoms with van der Waals surface area (Å²) in [5.74, 6) is 0. The molecule has 2 rings (SSSR count). The fourth-order valence-electron chi connectivity index (χ4n) is 1.93. The van der Waals surface area contributed by atoms with Gasteiger partial charge in [-0.05, 0) is 49.6 Å². The Hall–Kier alpha value is -1.81. The molecule has 1 heterocycles. The monoisotopic (exact) mass is 303 g/mol. The highest BCUT2D eigenvalue weighted by molar-refractivity contribution is 7.17. The van der Waals surface area contributed by atoms with Crippen LogP contribution in [-0.4, -0.2) is 18.2 Å². The lowest BCUT2D eigenvalue weighted by Crippen LogP contribution is -2.32. The summed E-state index contributed by atoms with van der Waals surface area (Å²) in [6, 6.07) is 8.42. The molecule has 0 saturated carbocycles. The standard InChI is InChI=1S/C17H21NO2S/c1-17(2,3)20-16(19)18-11-5-4-7-13-8-6-9-14-10-12-21-15(13)14/h4,6-10,12H,5,11H2,1-3H3,(H,18,19). The number of rotatable bonds is 4. The maximum absolute atomic E-state index is 11.5. The van der Waals surface area contributed by atoms with Gasteiger partial charge >= 0.3 is 6.09 Å². The van der Waals surface area contributed by atoms with Crippen LogP contribution < -0.4 is 5.32 Å². The quantitative estimate of drug-likeness (QED) is 0.822. The van der Waals surface area contributed by atoms with Gasteiger partial charge in [-0.2, -0.15) is 0 Å². The van der Waals surface area contributed by atoms with Crippen molar-refractivity contribution < 1.29 is 9.53 Å². The number of hydrogen-bond acceptors (Lipinski definition) is 3. The molecule has 0 aliphatic rings. The first kappa shape index (κ1) is 15.6. The molecule has 0 aliphatic heterocycles. The zero-order valence-electron chi connectivity index (χ0n) is 12.7. The van der Waals surface area contributed by atoms with Crippen molar-refractivity contribution in [2.75, 3.05) is 6.54 Å². The Balaban J connectivity index is 1.81. The van der Waals surface area contributed by atoms with E-state index < -0.39 is 5.60 Å². The molecule has 0 spiro atoms. The van der Waals surface area contributed by atoms with Gasteiger partial charge in [0.15, 0.2) is 0 Å². The summed E-state index contributed by atoms with van der Waals surface area (Å²) >= 11 is 1.75. The predicted octanol–water partition coefficient (Wildman–Crippen LogP) is 4.83. The van der Waals surface area contributed by atoms with Crippen molar-refractivity contribution in [1.29, 1.82) is 0 Å². The first-order chi connectivity index (χ1) is 9.96. The highest BCUT2D eigenvalue weighted by atomic mass is 32.1. The van der Waals surface area contributed by atoms with E-state index in [9.17, 15) is 4.79 Å². The molecule has 1 N–H and O–H groups in total. The maximum Gasteiger partial charge on any atom is 0.407 e. The van der Waals surface area contributed by atoms with E-state index in [1.807, 2.05) is 20.8 Å². The predicted molar refractivity (Wildman–Crippen MR) is 89.7 cm³/mol. The van der Waals surface area contributed by atoms with Gasteiger partial charge in [-0.15, -0.1) is 11.3 Å². The molecule has 1 aromatic heterocycles. The number of nitrogens with one attached hydrogen (secondary N) is 1. The van der Waals surface area contributed by atoms with E-state index >= 15 is 0 Å². The van der Waals surface area contributed by atoms with Crippen LogP contribution in [0.4, 0.5) is 4.79 Å². The fraction of sp³-hybridized carbons (Fsp3) is 0.353. The minimum Gasteiger partial charge on any atom is -0.444 e. The summed E-state index contributed by atoms with van der Waals surface area (Å²) in [4.78, 5) is 11.5. The van der Waals surface area contributed by atoms with Gasteiger partial charge in [-0.1, -0.05) is 30.4 Å². The number of hydrogen-bond donors (Lipinski definition) is 1. The molecule has 0 bridgehead atoms. The van der Waals surface area contributed by atoms with Crippen molar-refractivity contribution in [3.05, 3.63) is 41.3 Å². The summed E-state index contributed by atoms with van der Waals surface area (Å²) in [5.41, 5.74) is 0.772. The second kappa shape index (κ2) is 6.76. The highest BCUT2D eigenvalue weighted by Gasteiger charge is 2.15. The zero-order chi connectivity index (χ0) is 15.3. The molecule has 0 atom stereocenters. The van der Waals surface area contributed by atoms with Crippen LogP contribution in [-0.2, 0) is 4.74 Å². The molecule has 1 aromatic carbocycles. The third-order valence-corrected chi connectivity index (χ3v) is 3.77. The summed E-state index contributed by atoms with van der Waals surface area (Å²) in [6.07, 6.45) is 4.60. The first-order valence-electron chi connectivity index (χ1n) is 7.05. The number of ether oxygens (including phenoxy) is 1. The number of thiophene rings is 1. The number of carbonyl (C=O) groups is 1. The van der Waals surface area contributed by atoms with Gasteiger partial charge < -0.3 is 10.1 Å². The summed E-state index contributed by atoms with van der Waals surface area (Å²) in [7, 11) is 0. The molecule has 0 unspecified atom stereocenters. The van der Waals surface area contributed by atoms with Gasteiger partial charge in [-0.25, -0.2) is 4.79 Å². The van der Waals surface area contributed by atoms with Crippen LogP contribution in [0.3, 0.4) is 0 Å². The van der Waals surface area contributed by atoms with Crippen LogP contribution in [0.1, 0.15) is 32.8 Å². The molecule has 0 fully saturated rings. The Labute approximate surface area is 129 Å². The number of carbonyl (C=O) groups excluding carboxylic acids is 1. The summed E-state index contributed by atoms with van der Waals surface area (Å²) < 4.78 is 6.48. The summed E-state index contributed by atoms with van der Waals surface area (Å²) in [6.45, 7) is 6.14. The van der Waals surface area contributed by atoms with Crippen LogP contribution in [0.2, 0.25) is 0 Å².